The van der Waals surface area contributed by atoms with Gasteiger partial charge in [0.25, 0.3) is 5.91 Å². The van der Waals surface area contributed by atoms with Crippen LogP contribution in [0.1, 0.15) is 41.6 Å². The van der Waals surface area contributed by atoms with E-state index in [9.17, 15) is 4.79 Å². The smallest absolute Gasteiger partial charge is 0.254 e. The van der Waals surface area contributed by atoms with E-state index in [2.05, 4.69) is 4.90 Å². The monoisotopic (exact) mass is 533 g/mol. The maximum atomic E-state index is 13.5. The van der Waals surface area contributed by atoms with Crippen LogP contribution < -0.4 is 23.7 Å². The standard InChI is InChI=1S/C30H31NO6S/c1-33-23-9-12-27(34-2)29(16-23)38-17-19-3-5-20(6-4-19)30(32)31-21-7-8-22(31)14-25(13-21)37-24-10-11-26-28(15-24)36-18-35-26/h3-6,9-12,15-16,21-22,25H,7-8,13-14,17-18H2,1-2H3. The highest BCUT2D eigenvalue weighted by molar-refractivity contribution is 7.98. The molecule has 6 rings (SSSR count). The van der Waals surface area contributed by atoms with Gasteiger partial charge in [0, 0.05) is 42.3 Å². The Bertz CT molecular complexity index is 1300. The second-order valence-corrected chi connectivity index (χ2v) is 10.8. The van der Waals surface area contributed by atoms with Gasteiger partial charge in [-0.05, 0) is 60.9 Å². The summed E-state index contributed by atoms with van der Waals surface area (Å²) in [5.74, 6) is 4.78. The Hall–Kier alpha value is -3.52. The number of thioether (sulfide) groups is 1. The van der Waals surface area contributed by atoms with Gasteiger partial charge in [-0.25, -0.2) is 0 Å². The Kier molecular flexibility index (Phi) is 6.98. The number of carbonyl (C=O) groups excluding carboxylic acids is 1. The Morgan fingerprint density at radius 3 is 2.37 bits per heavy atom. The van der Waals surface area contributed by atoms with E-state index in [0.29, 0.717) is 0 Å². The molecule has 38 heavy (non-hydrogen) atoms. The van der Waals surface area contributed by atoms with Crippen molar-refractivity contribution in [1.29, 1.82) is 0 Å². The molecule has 2 atom stereocenters. The van der Waals surface area contributed by atoms with E-state index in [0.717, 1.165) is 76.2 Å². The molecule has 2 saturated heterocycles. The fourth-order valence-corrected chi connectivity index (χ4v) is 6.66. The van der Waals surface area contributed by atoms with Crippen LogP contribution in [0, 0.1) is 0 Å². The third kappa shape index (κ3) is 4.97. The number of carbonyl (C=O) groups is 1. The Morgan fingerprint density at radius 1 is 0.895 bits per heavy atom. The minimum atomic E-state index is 0.0879. The van der Waals surface area contributed by atoms with Gasteiger partial charge in [-0.2, -0.15) is 0 Å². The molecule has 8 heteroatoms. The van der Waals surface area contributed by atoms with Gasteiger partial charge < -0.3 is 28.6 Å². The minimum absolute atomic E-state index is 0.0879. The zero-order valence-electron chi connectivity index (χ0n) is 21.6. The maximum Gasteiger partial charge on any atom is 0.254 e. The molecule has 0 aromatic heterocycles. The summed E-state index contributed by atoms with van der Waals surface area (Å²) in [5, 5.41) is 0. The van der Waals surface area contributed by atoms with Gasteiger partial charge >= 0.3 is 0 Å². The third-order valence-corrected chi connectivity index (χ3v) is 8.64. The number of fused-ring (bicyclic) bond motifs is 3. The first-order valence-corrected chi connectivity index (χ1v) is 13.9. The lowest BCUT2D eigenvalue weighted by molar-refractivity contribution is 0.0358. The van der Waals surface area contributed by atoms with Crippen LogP contribution >= 0.6 is 11.8 Å². The summed E-state index contributed by atoms with van der Waals surface area (Å²) in [6.07, 6.45) is 3.81. The Balaban J connectivity index is 1.07. The lowest BCUT2D eigenvalue weighted by Gasteiger charge is -2.39. The molecular weight excluding hydrogens is 502 g/mol. The highest BCUT2D eigenvalue weighted by Gasteiger charge is 2.44. The maximum absolute atomic E-state index is 13.5. The van der Waals surface area contributed by atoms with Gasteiger partial charge in [0.1, 0.15) is 23.4 Å². The van der Waals surface area contributed by atoms with E-state index in [1.54, 1.807) is 26.0 Å². The van der Waals surface area contributed by atoms with Crippen LogP contribution in [0.3, 0.4) is 0 Å². The second-order valence-electron chi connectivity index (χ2n) is 9.83. The molecule has 0 saturated carbocycles. The van der Waals surface area contributed by atoms with Crippen LogP contribution in [-0.4, -0.2) is 50.0 Å². The summed E-state index contributed by atoms with van der Waals surface area (Å²) in [6, 6.07) is 19.9. The van der Waals surface area contributed by atoms with Crippen LogP contribution in [-0.2, 0) is 5.75 Å². The number of piperidine rings is 1. The lowest BCUT2D eigenvalue weighted by Crippen LogP contribution is -2.49. The summed E-state index contributed by atoms with van der Waals surface area (Å²) in [6.45, 7) is 0.250. The number of methoxy groups -OCH3 is 2. The van der Waals surface area contributed by atoms with Gasteiger partial charge in [-0.1, -0.05) is 12.1 Å². The van der Waals surface area contributed by atoms with Gasteiger partial charge in [-0.3, -0.25) is 4.79 Å². The molecular formula is C30H31NO6S. The molecule has 2 unspecified atom stereocenters. The number of amides is 1. The summed E-state index contributed by atoms with van der Waals surface area (Å²) in [5.41, 5.74) is 1.89. The average molecular weight is 534 g/mol. The molecule has 3 aliphatic rings. The van der Waals surface area contributed by atoms with Crippen molar-refractivity contribution in [2.75, 3.05) is 21.0 Å². The van der Waals surface area contributed by atoms with E-state index in [1.165, 1.54) is 0 Å². The van der Waals surface area contributed by atoms with Crippen molar-refractivity contribution in [1.82, 2.24) is 4.90 Å². The van der Waals surface area contributed by atoms with E-state index in [-0.39, 0.29) is 30.9 Å². The molecule has 7 nitrogen and oxygen atoms in total. The molecule has 0 spiro atoms. The van der Waals surface area contributed by atoms with Crippen molar-refractivity contribution < 1.29 is 28.5 Å². The van der Waals surface area contributed by atoms with Crippen molar-refractivity contribution in [2.24, 2.45) is 0 Å². The van der Waals surface area contributed by atoms with Crippen molar-refractivity contribution >= 4 is 17.7 Å². The highest BCUT2D eigenvalue weighted by atomic mass is 32.2. The summed E-state index contributed by atoms with van der Waals surface area (Å²) in [7, 11) is 3.33. The lowest BCUT2D eigenvalue weighted by atomic mass is 9.98. The molecule has 2 bridgehead atoms. The first-order chi connectivity index (χ1) is 18.6. The van der Waals surface area contributed by atoms with Crippen LogP contribution in [0.5, 0.6) is 28.7 Å². The molecule has 198 valence electrons. The van der Waals surface area contributed by atoms with E-state index in [4.69, 9.17) is 23.7 Å². The van der Waals surface area contributed by atoms with Crippen LogP contribution in [0.15, 0.2) is 65.6 Å². The number of hydrogen-bond acceptors (Lipinski definition) is 7. The van der Waals surface area contributed by atoms with E-state index < -0.39 is 0 Å². The third-order valence-electron chi connectivity index (χ3n) is 7.54. The molecule has 3 aromatic rings. The highest BCUT2D eigenvalue weighted by Crippen LogP contribution is 2.40. The van der Waals surface area contributed by atoms with Gasteiger partial charge in [0.05, 0.1) is 19.1 Å². The fraction of sp³-hybridized carbons (Fsp3) is 0.367. The molecule has 0 radical (unpaired) electrons. The van der Waals surface area contributed by atoms with Gasteiger partial charge in [0.15, 0.2) is 11.5 Å². The molecule has 3 aromatic carbocycles. The summed E-state index contributed by atoms with van der Waals surface area (Å²) >= 11 is 1.69. The second kappa shape index (κ2) is 10.7. The van der Waals surface area contributed by atoms with Crippen LogP contribution in [0.2, 0.25) is 0 Å². The molecule has 3 heterocycles. The summed E-state index contributed by atoms with van der Waals surface area (Å²) in [4.78, 5) is 16.6. The summed E-state index contributed by atoms with van der Waals surface area (Å²) < 4.78 is 28.0. The molecule has 1 amide bonds. The number of nitrogens with zero attached hydrogens (tertiary/aromatic N) is 1. The van der Waals surface area contributed by atoms with Crippen molar-refractivity contribution in [3.8, 4) is 28.7 Å². The minimum Gasteiger partial charge on any atom is -0.497 e. The molecule has 0 N–H and O–H groups in total. The fourth-order valence-electron chi connectivity index (χ4n) is 5.65. The quantitative estimate of drug-likeness (QED) is 0.332. The number of ether oxygens (including phenoxy) is 5. The normalized spacial score (nSPS) is 21.3. The van der Waals surface area contributed by atoms with Crippen molar-refractivity contribution in [3.05, 3.63) is 71.8 Å². The molecule has 2 fully saturated rings. The van der Waals surface area contributed by atoms with E-state index >= 15 is 0 Å². The van der Waals surface area contributed by atoms with E-state index in [1.807, 2.05) is 60.7 Å². The number of hydrogen-bond donors (Lipinski definition) is 0. The first-order valence-electron chi connectivity index (χ1n) is 12.9. The largest absolute Gasteiger partial charge is 0.497 e. The van der Waals surface area contributed by atoms with Crippen molar-refractivity contribution in [3.63, 3.8) is 0 Å². The zero-order chi connectivity index (χ0) is 26.1. The predicted molar refractivity (Wildman–Crippen MR) is 145 cm³/mol. The number of benzene rings is 3. The van der Waals surface area contributed by atoms with Gasteiger partial charge in [-0.15, -0.1) is 11.8 Å². The predicted octanol–water partition coefficient (Wildman–Crippen LogP) is 5.94. The SMILES string of the molecule is COc1ccc(OC)c(SCc2ccc(C(=O)N3C4CCC3CC(Oc3ccc5c(c3)OCO5)C4)cc2)c1. The number of rotatable bonds is 8. The molecule has 0 aliphatic carbocycles. The van der Waals surface area contributed by atoms with Crippen LogP contribution in [0.4, 0.5) is 0 Å². The van der Waals surface area contributed by atoms with Crippen LogP contribution in [0.25, 0.3) is 0 Å². The van der Waals surface area contributed by atoms with Gasteiger partial charge in [0.2, 0.25) is 6.79 Å². The average Bonchev–Trinajstić information content (AvgIpc) is 3.52. The van der Waals surface area contributed by atoms with Crippen molar-refractivity contribution in [2.45, 2.75) is 54.5 Å². The molecule has 3 aliphatic heterocycles. The Morgan fingerprint density at radius 2 is 1.63 bits per heavy atom. The Labute approximate surface area is 227 Å². The zero-order valence-corrected chi connectivity index (χ0v) is 22.4. The first kappa shape index (κ1) is 24.8. The topological polar surface area (TPSA) is 66.5 Å².